The molecule has 1 aliphatic heterocycles. The van der Waals surface area contributed by atoms with Crippen LogP contribution in [0.3, 0.4) is 0 Å². The van der Waals surface area contributed by atoms with Gasteiger partial charge < -0.3 is 19.5 Å². The van der Waals surface area contributed by atoms with Gasteiger partial charge in [0.1, 0.15) is 6.26 Å². The number of carbonyl (C=O) groups is 3. The van der Waals surface area contributed by atoms with Crippen LogP contribution in [0.5, 0.6) is 0 Å². The summed E-state index contributed by atoms with van der Waals surface area (Å²) >= 11 is 1.37. The van der Waals surface area contributed by atoms with E-state index in [9.17, 15) is 14.4 Å². The van der Waals surface area contributed by atoms with Gasteiger partial charge in [-0.05, 0) is 17.5 Å². The fourth-order valence-corrected chi connectivity index (χ4v) is 3.30. The van der Waals surface area contributed by atoms with Gasteiger partial charge in [-0.3, -0.25) is 14.4 Å². The maximum absolute atomic E-state index is 12.2. The molecular formula is C17H19N3O4S. The van der Waals surface area contributed by atoms with Crippen LogP contribution in [0, 0.1) is 0 Å². The molecule has 2 aromatic rings. The summed E-state index contributed by atoms with van der Waals surface area (Å²) in [5.41, 5.74) is 0.524. The third-order valence-corrected chi connectivity index (χ3v) is 4.93. The van der Waals surface area contributed by atoms with Crippen molar-refractivity contribution < 1.29 is 18.8 Å². The first kappa shape index (κ1) is 17.2. The summed E-state index contributed by atoms with van der Waals surface area (Å²) in [5, 5.41) is 4.59. The fraction of sp³-hybridized carbons (Fsp3) is 0.353. The average Bonchev–Trinajstić information content (AvgIpc) is 3.34. The molecule has 0 saturated carbocycles. The molecule has 3 rings (SSSR count). The molecule has 0 atom stereocenters. The lowest BCUT2D eigenvalue weighted by Crippen LogP contribution is -2.51. The van der Waals surface area contributed by atoms with E-state index in [1.807, 2.05) is 11.4 Å². The minimum absolute atomic E-state index is 0.0121. The van der Waals surface area contributed by atoms with E-state index in [4.69, 9.17) is 4.42 Å². The molecule has 25 heavy (non-hydrogen) atoms. The highest BCUT2D eigenvalue weighted by molar-refractivity contribution is 7.12. The second-order valence-corrected chi connectivity index (χ2v) is 6.62. The quantitative estimate of drug-likeness (QED) is 0.874. The van der Waals surface area contributed by atoms with Crippen LogP contribution in [-0.4, -0.2) is 60.2 Å². The zero-order valence-corrected chi connectivity index (χ0v) is 14.5. The van der Waals surface area contributed by atoms with Crippen molar-refractivity contribution in [3.05, 3.63) is 46.5 Å². The summed E-state index contributed by atoms with van der Waals surface area (Å²) in [4.78, 5) is 40.3. The Morgan fingerprint density at radius 2 is 1.88 bits per heavy atom. The number of carbonyl (C=O) groups excluding carboxylic acids is 3. The molecule has 0 unspecified atom stereocenters. The van der Waals surface area contributed by atoms with Gasteiger partial charge >= 0.3 is 0 Å². The molecule has 0 spiro atoms. The Morgan fingerprint density at radius 3 is 2.52 bits per heavy atom. The highest BCUT2D eigenvalue weighted by Crippen LogP contribution is 2.10. The predicted molar refractivity (Wildman–Crippen MR) is 92.5 cm³/mol. The minimum Gasteiger partial charge on any atom is -0.472 e. The Morgan fingerprint density at radius 1 is 1.12 bits per heavy atom. The number of rotatable bonds is 5. The molecule has 1 aliphatic rings. The molecule has 0 radical (unpaired) electrons. The molecular weight excluding hydrogens is 342 g/mol. The molecule has 0 bridgehead atoms. The lowest BCUT2D eigenvalue weighted by molar-refractivity contribution is -0.132. The van der Waals surface area contributed by atoms with Gasteiger partial charge in [0.05, 0.1) is 16.7 Å². The van der Waals surface area contributed by atoms with Crippen LogP contribution in [-0.2, 0) is 4.79 Å². The second-order valence-electron chi connectivity index (χ2n) is 5.67. The predicted octanol–water partition coefficient (Wildman–Crippen LogP) is 1.45. The van der Waals surface area contributed by atoms with Gasteiger partial charge in [0, 0.05) is 39.1 Å². The normalized spacial score (nSPS) is 14.4. The van der Waals surface area contributed by atoms with Crippen LogP contribution >= 0.6 is 11.3 Å². The van der Waals surface area contributed by atoms with Gasteiger partial charge in [-0.15, -0.1) is 11.3 Å². The molecule has 8 heteroatoms. The molecule has 0 aliphatic carbocycles. The first-order valence-electron chi connectivity index (χ1n) is 8.06. The Balaban J connectivity index is 1.39. The van der Waals surface area contributed by atoms with Crippen LogP contribution in [0.4, 0.5) is 0 Å². The monoisotopic (exact) mass is 361 g/mol. The molecule has 3 heterocycles. The zero-order chi connectivity index (χ0) is 17.6. The number of hydrogen-bond donors (Lipinski definition) is 1. The third kappa shape index (κ3) is 4.27. The van der Waals surface area contributed by atoms with Crippen LogP contribution in [0.15, 0.2) is 40.5 Å². The molecule has 0 aromatic carbocycles. The van der Waals surface area contributed by atoms with E-state index in [-0.39, 0.29) is 24.1 Å². The summed E-state index contributed by atoms with van der Waals surface area (Å²) in [6, 6.07) is 5.20. The van der Waals surface area contributed by atoms with Gasteiger partial charge in [0.2, 0.25) is 5.91 Å². The fourth-order valence-electron chi connectivity index (χ4n) is 2.66. The number of hydrogen-bond acceptors (Lipinski definition) is 5. The van der Waals surface area contributed by atoms with Crippen molar-refractivity contribution in [3.8, 4) is 0 Å². The van der Waals surface area contributed by atoms with Crippen molar-refractivity contribution in [2.24, 2.45) is 0 Å². The second kappa shape index (κ2) is 7.98. The zero-order valence-electron chi connectivity index (χ0n) is 13.6. The van der Waals surface area contributed by atoms with Gasteiger partial charge in [-0.2, -0.15) is 0 Å². The standard InChI is InChI=1S/C17H19N3O4S/c21-15(3-5-18-16(22)14-2-1-11-25-14)19-6-8-20(9-7-19)17(23)13-4-10-24-12-13/h1-2,4,10-12H,3,5-9H2,(H,18,22). The average molecular weight is 361 g/mol. The number of piperazine rings is 1. The lowest BCUT2D eigenvalue weighted by atomic mass is 10.2. The Hall–Kier alpha value is -2.61. The third-order valence-electron chi connectivity index (χ3n) is 4.06. The van der Waals surface area contributed by atoms with Crippen LogP contribution in [0.25, 0.3) is 0 Å². The highest BCUT2D eigenvalue weighted by atomic mass is 32.1. The number of nitrogens with zero attached hydrogens (tertiary/aromatic N) is 2. The van der Waals surface area contributed by atoms with E-state index >= 15 is 0 Å². The largest absolute Gasteiger partial charge is 0.472 e. The number of nitrogens with one attached hydrogen (secondary N) is 1. The topological polar surface area (TPSA) is 82.9 Å². The maximum atomic E-state index is 12.2. The van der Waals surface area contributed by atoms with Gasteiger partial charge in [-0.1, -0.05) is 6.07 Å². The van der Waals surface area contributed by atoms with Crippen LogP contribution < -0.4 is 5.32 Å². The summed E-state index contributed by atoms with van der Waals surface area (Å²) in [6.45, 7) is 2.31. The highest BCUT2D eigenvalue weighted by Gasteiger charge is 2.25. The first-order valence-corrected chi connectivity index (χ1v) is 8.94. The minimum atomic E-state index is -0.154. The molecule has 7 nitrogen and oxygen atoms in total. The van der Waals surface area contributed by atoms with Crippen LogP contribution in [0.2, 0.25) is 0 Å². The van der Waals surface area contributed by atoms with E-state index in [0.717, 1.165) is 0 Å². The van der Waals surface area contributed by atoms with Crippen molar-refractivity contribution in [1.82, 2.24) is 15.1 Å². The number of thiophene rings is 1. The lowest BCUT2D eigenvalue weighted by Gasteiger charge is -2.34. The molecule has 1 saturated heterocycles. The van der Waals surface area contributed by atoms with Crippen molar-refractivity contribution in [2.75, 3.05) is 32.7 Å². The Kier molecular flexibility index (Phi) is 5.49. The van der Waals surface area contributed by atoms with E-state index in [2.05, 4.69) is 5.32 Å². The van der Waals surface area contributed by atoms with E-state index in [0.29, 0.717) is 43.2 Å². The molecule has 2 aromatic heterocycles. The number of amides is 3. The summed E-state index contributed by atoms with van der Waals surface area (Å²) in [6.07, 6.45) is 3.15. The van der Waals surface area contributed by atoms with E-state index in [1.165, 1.54) is 23.9 Å². The van der Waals surface area contributed by atoms with Crippen molar-refractivity contribution >= 4 is 29.1 Å². The van der Waals surface area contributed by atoms with Gasteiger partial charge in [0.25, 0.3) is 11.8 Å². The number of furan rings is 1. The summed E-state index contributed by atoms with van der Waals surface area (Å²) in [5.74, 6) is -0.246. The summed E-state index contributed by atoms with van der Waals surface area (Å²) in [7, 11) is 0. The van der Waals surface area contributed by atoms with Crippen molar-refractivity contribution in [2.45, 2.75) is 6.42 Å². The maximum Gasteiger partial charge on any atom is 0.261 e. The SMILES string of the molecule is O=C(NCCC(=O)N1CCN(C(=O)c2ccoc2)CC1)c1cccs1. The van der Waals surface area contributed by atoms with E-state index < -0.39 is 0 Å². The van der Waals surface area contributed by atoms with E-state index in [1.54, 1.807) is 21.9 Å². The molecule has 3 amide bonds. The first-order chi connectivity index (χ1) is 12.1. The molecule has 1 fully saturated rings. The smallest absolute Gasteiger partial charge is 0.261 e. The van der Waals surface area contributed by atoms with Crippen LogP contribution in [0.1, 0.15) is 26.5 Å². The Labute approximate surface area is 149 Å². The van der Waals surface area contributed by atoms with Gasteiger partial charge in [0.15, 0.2) is 0 Å². The molecule has 132 valence electrons. The van der Waals surface area contributed by atoms with Crippen molar-refractivity contribution in [1.29, 1.82) is 0 Å². The summed E-state index contributed by atoms with van der Waals surface area (Å²) < 4.78 is 4.93. The Bertz CT molecular complexity index is 719. The molecule has 1 N–H and O–H groups in total. The van der Waals surface area contributed by atoms with Crippen molar-refractivity contribution in [3.63, 3.8) is 0 Å². The van der Waals surface area contributed by atoms with Gasteiger partial charge in [-0.25, -0.2) is 0 Å².